The molecule has 0 spiro atoms. The monoisotopic (exact) mass is 320 g/mol. The molecular weight excluding hydrogens is 305 g/mol. The molecular formula is C11H15NO8P+. The zero-order chi connectivity index (χ0) is 15.8. The Morgan fingerprint density at radius 3 is 2.57 bits per heavy atom. The van der Waals surface area contributed by atoms with Crippen molar-refractivity contribution >= 4 is 13.6 Å². The second kappa shape index (κ2) is 5.80. The molecule has 0 aromatic carbocycles. The van der Waals surface area contributed by atoms with Gasteiger partial charge in [0.2, 0.25) is 0 Å². The van der Waals surface area contributed by atoms with Crippen LogP contribution in [0.5, 0.6) is 0 Å². The summed E-state index contributed by atoms with van der Waals surface area (Å²) in [5.41, 5.74) is -0.0544. The van der Waals surface area contributed by atoms with Crippen molar-refractivity contribution < 1.29 is 43.8 Å². The summed E-state index contributed by atoms with van der Waals surface area (Å²) >= 11 is 0. The summed E-state index contributed by atoms with van der Waals surface area (Å²) in [6.45, 7) is 0. The summed E-state index contributed by atoms with van der Waals surface area (Å²) in [6.07, 6.45) is -3.40. The topological polar surface area (TPSA) is 148 Å². The summed E-state index contributed by atoms with van der Waals surface area (Å²) in [4.78, 5) is 28.7. The minimum Gasteiger partial charge on any atom is -0.477 e. The third-order valence-electron chi connectivity index (χ3n) is 3.12. The molecule has 0 unspecified atom stereocenters. The fourth-order valence-corrected chi connectivity index (χ4v) is 2.91. The molecule has 1 fully saturated rings. The summed E-state index contributed by atoms with van der Waals surface area (Å²) in [5, 5.41) is 28.6. The lowest BCUT2D eigenvalue weighted by Gasteiger charge is -2.13. The van der Waals surface area contributed by atoms with Crippen LogP contribution in [-0.2, 0) is 9.30 Å². The second-order valence-electron chi connectivity index (χ2n) is 4.74. The maximum atomic E-state index is 11.0. The Balaban J connectivity index is 2.23. The molecule has 0 saturated carbocycles. The first kappa shape index (κ1) is 16.0. The average Bonchev–Trinajstić information content (AvgIpc) is 2.65. The molecule has 116 valence electrons. The van der Waals surface area contributed by atoms with Crippen molar-refractivity contribution in [3.05, 3.63) is 30.1 Å². The average molecular weight is 320 g/mol. The standard InChI is InChI=1S/C11H14NO8P/c13-8-7(5-21(17,18)19)20-10(9(8)14)12-3-1-2-6(4-12)11(15)16/h1-4,7-10,13-14H,5H2,(H2-,15,16,17,18,19)/p+1/t7-,8-,9-,10-/m1/s1. The highest BCUT2D eigenvalue weighted by Gasteiger charge is 2.50. The first-order chi connectivity index (χ1) is 9.69. The van der Waals surface area contributed by atoms with Gasteiger partial charge in [-0.15, -0.1) is 0 Å². The Kier molecular flexibility index (Phi) is 4.43. The third-order valence-corrected chi connectivity index (χ3v) is 3.95. The van der Waals surface area contributed by atoms with Gasteiger partial charge >= 0.3 is 13.6 Å². The van der Waals surface area contributed by atoms with Crippen LogP contribution in [0.4, 0.5) is 0 Å². The molecule has 1 aliphatic rings. The lowest BCUT2D eigenvalue weighted by Crippen LogP contribution is -2.46. The van der Waals surface area contributed by atoms with Crippen LogP contribution in [-0.4, -0.2) is 55.5 Å². The van der Waals surface area contributed by atoms with Gasteiger partial charge < -0.3 is 29.8 Å². The highest BCUT2D eigenvalue weighted by Crippen LogP contribution is 2.40. The molecule has 4 atom stereocenters. The molecule has 10 heteroatoms. The number of aromatic nitrogens is 1. The maximum absolute atomic E-state index is 11.0. The Morgan fingerprint density at radius 1 is 1.33 bits per heavy atom. The van der Waals surface area contributed by atoms with Gasteiger partial charge in [0, 0.05) is 6.07 Å². The normalized spacial score (nSPS) is 29.5. The van der Waals surface area contributed by atoms with E-state index in [0.29, 0.717) is 0 Å². The predicted molar refractivity (Wildman–Crippen MR) is 66.4 cm³/mol. The van der Waals surface area contributed by atoms with Crippen molar-refractivity contribution in [3.8, 4) is 0 Å². The number of carboxylic acid groups (broad SMARTS) is 1. The molecule has 1 aliphatic heterocycles. The molecule has 21 heavy (non-hydrogen) atoms. The van der Waals surface area contributed by atoms with Crippen LogP contribution < -0.4 is 4.57 Å². The van der Waals surface area contributed by atoms with E-state index in [-0.39, 0.29) is 5.56 Å². The van der Waals surface area contributed by atoms with Crippen LogP contribution in [0.3, 0.4) is 0 Å². The van der Waals surface area contributed by atoms with E-state index in [9.17, 15) is 19.6 Å². The van der Waals surface area contributed by atoms with E-state index in [4.69, 9.17) is 19.6 Å². The number of carboxylic acids is 1. The third kappa shape index (κ3) is 3.65. The second-order valence-corrected chi connectivity index (χ2v) is 6.43. The van der Waals surface area contributed by atoms with E-state index in [0.717, 1.165) is 0 Å². The summed E-state index contributed by atoms with van der Waals surface area (Å²) in [7, 11) is -4.42. The molecule has 1 saturated heterocycles. The van der Waals surface area contributed by atoms with Crippen molar-refractivity contribution in [1.29, 1.82) is 0 Å². The molecule has 1 aromatic heterocycles. The number of nitrogens with zero attached hydrogens (tertiary/aromatic N) is 1. The number of pyridine rings is 1. The van der Waals surface area contributed by atoms with E-state index in [1.54, 1.807) is 0 Å². The molecule has 0 aliphatic carbocycles. The molecule has 1 aromatic rings. The maximum Gasteiger partial charge on any atom is 0.341 e. The Hall–Kier alpha value is -1.35. The molecule has 2 rings (SSSR count). The predicted octanol–water partition coefficient (Wildman–Crippen LogP) is -1.53. The van der Waals surface area contributed by atoms with Gasteiger partial charge in [-0.3, -0.25) is 4.57 Å². The smallest absolute Gasteiger partial charge is 0.341 e. The van der Waals surface area contributed by atoms with Crippen LogP contribution >= 0.6 is 7.60 Å². The van der Waals surface area contributed by atoms with Gasteiger partial charge in [0.05, 0.1) is 6.16 Å². The van der Waals surface area contributed by atoms with Gasteiger partial charge in [-0.25, -0.2) is 4.79 Å². The number of ether oxygens (including phenoxy) is 1. The van der Waals surface area contributed by atoms with Crippen LogP contribution in [0.2, 0.25) is 0 Å². The molecule has 2 heterocycles. The van der Waals surface area contributed by atoms with Crippen molar-refractivity contribution in [3.63, 3.8) is 0 Å². The van der Waals surface area contributed by atoms with E-state index in [2.05, 4.69) is 0 Å². The van der Waals surface area contributed by atoms with Gasteiger partial charge in [-0.1, -0.05) is 0 Å². The molecule has 0 radical (unpaired) electrons. The van der Waals surface area contributed by atoms with Crippen molar-refractivity contribution in [1.82, 2.24) is 0 Å². The van der Waals surface area contributed by atoms with Gasteiger partial charge in [-0.05, 0) is 6.07 Å². The summed E-state index contributed by atoms with van der Waals surface area (Å²) in [6, 6.07) is 2.76. The van der Waals surface area contributed by atoms with Gasteiger partial charge in [0.15, 0.2) is 18.5 Å². The van der Waals surface area contributed by atoms with E-state index >= 15 is 0 Å². The van der Waals surface area contributed by atoms with Gasteiger partial charge in [0.1, 0.15) is 17.8 Å². The zero-order valence-electron chi connectivity index (χ0n) is 10.7. The lowest BCUT2D eigenvalue weighted by molar-refractivity contribution is -0.765. The van der Waals surface area contributed by atoms with Crippen LogP contribution in [0.1, 0.15) is 16.6 Å². The number of hydrogen-bond acceptors (Lipinski definition) is 5. The van der Waals surface area contributed by atoms with E-state index < -0.39 is 44.3 Å². The summed E-state index contributed by atoms with van der Waals surface area (Å²) in [5.74, 6) is -1.18. The molecule has 5 N–H and O–H groups in total. The van der Waals surface area contributed by atoms with Crippen LogP contribution in [0, 0.1) is 0 Å². The Morgan fingerprint density at radius 2 is 2.00 bits per heavy atom. The number of aliphatic hydroxyl groups excluding tert-OH is 2. The van der Waals surface area contributed by atoms with Gasteiger partial charge in [0.25, 0.3) is 6.23 Å². The van der Waals surface area contributed by atoms with E-state index in [1.807, 2.05) is 0 Å². The van der Waals surface area contributed by atoms with Crippen LogP contribution in [0.15, 0.2) is 24.5 Å². The number of hydrogen-bond donors (Lipinski definition) is 5. The fourth-order valence-electron chi connectivity index (χ4n) is 2.14. The SMILES string of the molecule is O=C(O)c1ccc[n+]([C@@H]2O[C@H](CP(=O)(O)O)[C@@H](O)[C@H]2O)c1. The zero-order valence-corrected chi connectivity index (χ0v) is 11.6. The Labute approximate surface area is 119 Å². The van der Waals surface area contributed by atoms with Crippen molar-refractivity contribution in [2.45, 2.75) is 24.5 Å². The van der Waals surface area contributed by atoms with Crippen molar-refractivity contribution in [2.75, 3.05) is 6.16 Å². The highest BCUT2D eigenvalue weighted by molar-refractivity contribution is 7.51. The summed E-state index contributed by atoms with van der Waals surface area (Å²) < 4.78 is 17.5. The number of rotatable bonds is 4. The fraction of sp³-hybridized carbons (Fsp3) is 0.455. The number of aromatic carboxylic acids is 1. The first-order valence-electron chi connectivity index (χ1n) is 5.99. The number of aliphatic hydroxyl groups is 2. The molecule has 9 nitrogen and oxygen atoms in total. The molecule has 0 amide bonds. The largest absolute Gasteiger partial charge is 0.477 e. The quantitative estimate of drug-likeness (QED) is 0.331. The molecule has 0 bridgehead atoms. The van der Waals surface area contributed by atoms with Crippen molar-refractivity contribution in [2.24, 2.45) is 0 Å². The van der Waals surface area contributed by atoms with E-state index in [1.165, 1.54) is 29.1 Å². The highest BCUT2D eigenvalue weighted by atomic mass is 31.2. The number of carbonyl (C=O) groups is 1. The van der Waals surface area contributed by atoms with Crippen LogP contribution in [0.25, 0.3) is 0 Å². The Bertz CT molecular complexity index is 587. The van der Waals surface area contributed by atoms with Gasteiger partial charge in [-0.2, -0.15) is 4.57 Å². The minimum atomic E-state index is -4.42. The lowest BCUT2D eigenvalue weighted by atomic mass is 10.1. The first-order valence-corrected chi connectivity index (χ1v) is 7.79. The minimum absolute atomic E-state index is 0.0544.